The van der Waals surface area contributed by atoms with Crippen molar-refractivity contribution < 1.29 is 14.6 Å². The Balaban J connectivity index is 1.10. The predicted octanol–water partition coefficient (Wildman–Crippen LogP) is 2.63. The molecule has 2 amide bonds. The number of nitrogens with zero attached hydrogens (tertiary/aromatic N) is 4. The number of urea groups is 1. The molecule has 5 rings (SSSR count). The van der Waals surface area contributed by atoms with Crippen molar-refractivity contribution in [3.05, 3.63) is 65.0 Å². The van der Waals surface area contributed by atoms with Gasteiger partial charge >= 0.3 is 6.03 Å². The van der Waals surface area contributed by atoms with E-state index >= 15 is 0 Å². The normalized spacial score (nSPS) is 20.8. The van der Waals surface area contributed by atoms with Gasteiger partial charge in [-0.15, -0.1) is 0 Å². The van der Waals surface area contributed by atoms with E-state index in [0.717, 1.165) is 51.3 Å². The van der Waals surface area contributed by atoms with Crippen molar-refractivity contribution >= 4 is 6.03 Å². The SMILES string of the molecule is O=C1N(Cc2ccc(C3CCOCC3)cn2)CCN1CC(O)CN1CCc2ccccc2C1. The molecule has 1 aromatic heterocycles. The van der Waals surface area contributed by atoms with E-state index < -0.39 is 6.10 Å². The zero-order valence-corrected chi connectivity index (χ0v) is 19.2. The summed E-state index contributed by atoms with van der Waals surface area (Å²) in [5, 5.41) is 10.7. The fourth-order valence-corrected chi connectivity index (χ4v) is 5.27. The second kappa shape index (κ2) is 10.2. The summed E-state index contributed by atoms with van der Waals surface area (Å²) in [4.78, 5) is 23.4. The summed E-state index contributed by atoms with van der Waals surface area (Å²) in [5.41, 5.74) is 4.92. The third-order valence-corrected chi connectivity index (χ3v) is 7.18. The maximum Gasteiger partial charge on any atom is 0.320 e. The molecule has 2 fully saturated rings. The number of benzene rings is 1. The first-order chi connectivity index (χ1) is 16.2. The first-order valence-corrected chi connectivity index (χ1v) is 12.2. The molecule has 4 heterocycles. The number of fused-ring (bicyclic) bond motifs is 1. The summed E-state index contributed by atoms with van der Waals surface area (Å²) in [5.74, 6) is 0.527. The number of pyridine rings is 1. The van der Waals surface area contributed by atoms with Gasteiger partial charge < -0.3 is 19.6 Å². The van der Waals surface area contributed by atoms with Crippen LogP contribution < -0.4 is 0 Å². The Bertz CT molecular complexity index is 945. The van der Waals surface area contributed by atoms with E-state index in [2.05, 4.69) is 40.2 Å². The number of hydrogen-bond donors (Lipinski definition) is 1. The molecule has 0 aliphatic carbocycles. The van der Waals surface area contributed by atoms with Crippen molar-refractivity contribution in [1.29, 1.82) is 0 Å². The number of aromatic nitrogens is 1. The largest absolute Gasteiger partial charge is 0.390 e. The molecule has 2 aromatic rings. The quantitative estimate of drug-likeness (QED) is 0.702. The highest BCUT2D eigenvalue weighted by atomic mass is 16.5. The Morgan fingerprint density at radius 2 is 1.79 bits per heavy atom. The van der Waals surface area contributed by atoms with Gasteiger partial charge in [-0.3, -0.25) is 9.88 Å². The van der Waals surface area contributed by atoms with Crippen LogP contribution in [-0.4, -0.2) is 82.9 Å². The topological polar surface area (TPSA) is 69.1 Å². The van der Waals surface area contributed by atoms with Crippen LogP contribution in [0, 0.1) is 0 Å². The molecule has 2 saturated heterocycles. The first-order valence-electron chi connectivity index (χ1n) is 12.2. The molecule has 176 valence electrons. The van der Waals surface area contributed by atoms with Crippen molar-refractivity contribution in [2.75, 3.05) is 45.9 Å². The zero-order valence-electron chi connectivity index (χ0n) is 19.2. The van der Waals surface area contributed by atoms with E-state index in [0.29, 0.717) is 38.6 Å². The fraction of sp³-hybridized carbons (Fsp3) is 0.538. The van der Waals surface area contributed by atoms with Gasteiger partial charge in [-0.05, 0) is 47.9 Å². The van der Waals surface area contributed by atoms with Crippen molar-refractivity contribution in [2.24, 2.45) is 0 Å². The van der Waals surface area contributed by atoms with E-state index in [1.165, 1.54) is 16.7 Å². The smallest absolute Gasteiger partial charge is 0.320 e. The lowest BCUT2D eigenvalue weighted by molar-refractivity contribution is 0.0811. The van der Waals surface area contributed by atoms with E-state index in [-0.39, 0.29) is 6.03 Å². The molecule has 0 saturated carbocycles. The number of β-amino-alcohol motifs (C(OH)–C–C–N with tert-alkyl or cyclic N) is 1. The molecule has 1 aromatic carbocycles. The van der Waals surface area contributed by atoms with Gasteiger partial charge in [0.05, 0.1) is 18.3 Å². The van der Waals surface area contributed by atoms with E-state index in [1.54, 1.807) is 4.90 Å². The number of carbonyl (C=O) groups excluding carboxylic acids is 1. The Morgan fingerprint density at radius 3 is 2.58 bits per heavy atom. The molecular formula is C26H34N4O3. The van der Waals surface area contributed by atoms with Gasteiger partial charge in [0.15, 0.2) is 0 Å². The Morgan fingerprint density at radius 1 is 1.00 bits per heavy atom. The molecule has 0 radical (unpaired) electrons. The number of hydrogen-bond acceptors (Lipinski definition) is 5. The number of ether oxygens (including phenoxy) is 1. The molecule has 3 aliphatic rings. The summed E-state index contributed by atoms with van der Waals surface area (Å²) >= 11 is 0. The molecule has 1 N–H and O–H groups in total. The molecule has 1 unspecified atom stereocenters. The second-order valence-corrected chi connectivity index (χ2v) is 9.53. The lowest BCUT2D eigenvalue weighted by Crippen LogP contribution is -2.43. The number of amides is 2. The summed E-state index contributed by atoms with van der Waals surface area (Å²) in [6.07, 6.45) is 4.53. The van der Waals surface area contributed by atoms with Crippen LogP contribution in [0.5, 0.6) is 0 Å². The summed E-state index contributed by atoms with van der Waals surface area (Å²) in [6, 6.07) is 12.7. The number of carbonyl (C=O) groups is 1. The average molecular weight is 451 g/mol. The molecule has 33 heavy (non-hydrogen) atoms. The van der Waals surface area contributed by atoms with E-state index in [9.17, 15) is 9.90 Å². The van der Waals surface area contributed by atoms with E-state index in [1.807, 2.05) is 17.2 Å². The average Bonchev–Trinajstić information content (AvgIpc) is 3.18. The van der Waals surface area contributed by atoms with Gasteiger partial charge in [-0.2, -0.15) is 0 Å². The molecule has 7 heteroatoms. The van der Waals surface area contributed by atoms with Crippen molar-refractivity contribution in [3.8, 4) is 0 Å². The lowest BCUT2D eigenvalue weighted by atomic mass is 9.93. The molecule has 0 spiro atoms. The Kier molecular flexibility index (Phi) is 6.90. The number of aliphatic hydroxyl groups excluding tert-OH is 1. The third-order valence-electron chi connectivity index (χ3n) is 7.18. The minimum atomic E-state index is -0.545. The number of rotatable bonds is 7. The van der Waals surface area contributed by atoms with Crippen LogP contribution in [0.3, 0.4) is 0 Å². The van der Waals surface area contributed by atoms with Crippen LogP contribution in [-0.2, 0) is 24.2 Å². The maximum atomic E-state index is 12.9. The molecule has 0 bridgehead atoms. The van der Waals surface area contributed by atoms with Crippen molar-refractivity contribution in [3.63, 3.8) is 0 Å². The minimum absolute atomic E-state index is 0.00616. The standard InChI is InChI=1S/C26H34N4O3/c31-25(18-28-10-7-20-3-1-2-4-23(20)16-28)19-30-12-11-29(26(30)32)17-24-6-5-22(15-27-24)21-8-13-33-14-9-21/h1-6,15,21,25,31H,7-14,16-19H2. The van der Waals surface area contributed by atoms with Crippen LogP contribution in [0.15, 0.2) is 42.6 Å². The van der Waals surface area contributed by atoms with Gasteiger partial charge in [0.25, 0.3) is 0 Å². The van der Waals surface area contributed by atoms with Crippen LogP contribution >= 0.6 is 0 Å². The molecule has 1 atom stereocenters. The molecular weight excluding hydrogens is 416 g/mol. The fourth-order valence-electron chi connectivity index (χ4n) is 5.27. The van der Waals surface area contributed by atoms with Crippen molar-refractivity contribution in [2.45, 2.75) is 44.4 Å². The highest BCUT2D eigenvalue weighted by molar-refractivity contribution is 5.76. The van der Waals surface area contributed by atoms with Gasteiger partial charge in [-0.1, -0.05) is 30.3 Å². The van der Waals surface area contributed by atoms with Gasteiger partial charge in [0.1, 0.15) is 0 Å². The van der Waals surface area contributed by atoms with Crippen LogP contribution in [0.2, 0.25) is 0 Å². The lowest BCUT2D eigenvalue weighted by Gasteiger charge is -2.31. The highest BCUT2D eigenvalue weighted by Crippen LogP contribution is 2.26. The zero-order chi connectivity index (χ0) is 22.6. The van der Waals surface area contributed by atoms with Crippen molar-refractivity contribution in [1.82, 2.24) is 19.7 Å². The van der Waals surface area contributed by atoms with Crippen LogP contribution in [0.4, 0.5) is 4.79 Å². The minimum Gasteiger partial charge on any atom is -0.390 e. The van der Waals surface area contributed by atoms with Crippen LogP contribution in [0.25, 0.3) is 0 Å². The van der Waals surface area contributed by atoms with E-state index in [4.69, 9.17) is 4.74 Å². The summed E-state index contributed by atoms with van der Waals surface area (Å²) < 4.78 is 5.45. The monoisotopic (exact) mass is 450 g/mol. The Labute approximate surface area is 196 Å². The second-order valence-electron chi connectivity index (χ2n) is 9.53. The Hall–Kier alpha value is -2.48. The summed E-state index contributed by atoms with van der Waals surface area (Å²) in [6.45, 7) is 6.26. The van der Waals surface area contributed by atoms with Crippen LogP contribution in [0.1, 0.15) is 41.1 Å². The molecule has 7 nitrogen and oxygen atoms in total. The highest BCUT2D eigenvalue weighted by Gasteiger charge is 2.31. The van der Waals surface area contributed by atoms with Gasteiger partial charge in [0, 0.05) is 58.7 Å². The number of aliphatic hydroxyl groups is 1. The third kappa shape index (κ3) is 5.37. The maximum absolute atomic E-state index is 12.9. The van der Waals surface area contributed by atoms with Gasteiger partial charge in [-0.25, -0.2) is 4.79 Å². The van der Waals surface area contributed by atoms with Gasteiger partial charge in [0.2, 0.25) is 0 Å². The summed E-state index contributed by atoms with van der Waals surface area (Å²) in [7, 11) is 0. The predicted molar refractivity (Wildman–Crippen MR) is 126 cm³/mol. The first kappa shape index (κ1) is 22.3. The molecule has 3 aliphatic heterocycles.